The molecular weight excluding hydrogens is 377 g/mol. The van der Waals surface area contributed by atoms with Crippen LogP contribution in [0.1, 0.15) is 71.9 Å². The fraction of sp³-hybridized carbons (Fsp3) is 0.708. The Kier molecular flexibility index (Phi) is 7.00. The second-order valence-electron chi connectivity index (χ2n) is 9.87. The molecule has 166 valence electrons. The summed E-state index contributed by atoms with van der Waals surface area (Å²) < 4.78 is 12.7. The Morgan fingerprint density at radius 1 is 1.17 bits per heavy atom. The number of rotatable bonds is 7. The van der Waals surface area contributed by atoms with Gasteiger partial charge < -0.3 is 14.4 Å². The lowest BCUT2D eigenvalue weighted by atomic mass is 9.73. The number of aliphatic carboxylic acids is 1. The first-order valence-electron chi connectivity index (χ1n) is 11.5. The molecule has 2 aliphatic rings. The molecule has 0 saturated carbocycles. The average molecular weight is 415 g/mol. The first-order valence-corrected chi connectivity index (χ1v) is 11.5. The lowest BCUT2D eigenvalue weighted by Crippen LogP contribution is -2.45. The van der Waals surface area contributed by atoms with Crippen molar-refractivity contribution in [3.8, 4) is 0 Å². The summed E-state index contributed by atoms with van der Waals surface area (Å²) in [5.74, 6) is -0.106. The van der Waals surface area contributed by atoms with Crippen LogP contribution in [-0.2, 0) is 26.9 Å². The Hall–Kier alpha value is -1.37. The fourth-order valence-electron chi connectivity index (χ4n) is 4.84. The van der Waals surface area contributed by atoms with Crippen molar-refractivity contribution in [1.29, 1.82) is 0 Å². The highest BCUT2D eigenvalue weighted by Crippen LogP contribution is 2.37. The molecule has 2 saturated heterocycles. The van der Waals surface area contributed by atoms with Crippen LogP contribution in [0.3, 0.4) is 0 Å². The minimum atomic E-state index is -0.695. The van der Waals surface area contributed by atoms with E-state index in [2.05, 4.69) is 57.7 Å². The highest BCUT2D eigenvalue weighted by atomic mass is 16.7. The highest BCUT2D eigenvalue weighted by molar-refractivity contribution is 6.62. The Bertz CT molecular complexity index is 740. The van der Waals surface area contributed by atoms with E-state index in [0.29, 0.717) is 12.3 Å². The van der Waals surface area contributed by atoms with Crippen molar-refractivity contribution < 1.29 is 19.2 Å². The largest absolute Gasteiger partial charge is 0.495 e. The van der Waals surface area contributed by atoms with Crippen LogP contribution in [0.4, 0.5) is 0 Å². The molecule has 2 heterocycles. The van der Waals surface area contributed by atoms with Crippen LogP contribution in [0.2, 0.25) is 0 Å². The summed E-state index contributed by atoms with van der Waals surface area (Å²) in [6.45, 7) is 14.3. The van der Waals surface area contributed by atoms with Crippen molar-refractivity contribution in [1.82, 2.24) is 4.90 Å². The van der Waals surface area contributed by atoms with E-state index in [1.54, 1.807) is 0 Å². The van der Waals surface area contributed by atoms with Gasteiger partial charge in [-0.3, -0.25) is 9.69 Å². The van der Waals surface area contributed by atoms with Crippen LogP contribution < -0.4 is 5.46 Å². The zero-order valence-corrected chi connectivity index (χ0v) is 19.5. The molecule has 0 bridgehead atoms. The first kappa shape index (κ1) is 23.3. The number of carboxylic acids is 1. The third-order valence-electron chi connectivity index (χ3n) is 7.44. The second kappa shape index (κ2) is 9.01. The van der Waals surface area contributed by atoms with E-state index in [0.717, 1.165) is 44.2 Å². The molecule has 0 aromatic heterocycles. The molecule has 2 aliphatic heterocycles. The Morgan fingerprint density at radius 2 is 1.77 bits per heavy atom. The highest BCUT2D eigenvalue weighted by Gasteiger charge is 2.52. The van der Waals surface area contributed by atoms with E-state index < -0.39 is 5.97 Å². The third kappa shape index (κ3) is 4.61. The number of hydrogen-bond acceptors (Lipinski definition) is 4. The SMILES string of the molecule is CCc1c(CC2CCN(C(CC)C(=O)O)CC2)cccc1B1OC(C)(C)C(C)(C)O1. The van der Waals surface area contributed by atoms with Crippen LogP contribution in [-0.4, -0.2) is 53.4 Å². The zero-order chi connectivity index (χ0) is 22.1. The monoisotopic (exact) mass is 415 g/mol. The number of hydrogen-bond donors (Lipinski definition) is 1. The van der Waals surface area contributed by atoms with Crippen LogP contribution >= 0.6 is 0 Å². The maximum absolute atomic E-state index is 11.5. The van der Waals surface area contributed by atoms with Gasteiger partial charge in [-0.15, -0.1) is 0 Å². The van der Waals surface area contributed by atoms with E-state index in [1.807, 2.05) is 6.92 Å². The first-order chi connectivity index (χ1) is 14.1. The predicted molar refractivity (Wildman–Crippen MR) is 121 cm³/mol. The molecule has 1 N–H and O–H groups in total. The third-order valence-corrected chi connectivity index (χ3v) is 7.44. The minimum absolute atomic E-state index is 0.326. The van der Waals surface area contributed by atoms with Crippen molar-refractivity contribution in [2.75, 3.05) is 13.1 Å². The van der Waals surface area contributed by atoms with Gasteiger partial charge in [-0.25, -0.2) is 0 Å². The topological polar surface area (TPSA) is 59.0 Å². The van der Waals surface area contributed by atoms with E-state index in [4.69, 9.17) is 9.31 Å². The van der Waals surface area contributed by atoms with E-state index in [9.17, 15) is 9.90 Å². The molecule has 30 heavy (non-hydrogen) atoms. The Labute approximate surface area is 182 Å². The smallest absolute Gasteiger partial charge is 0.480 e. The number of nitrogens with zero attached hydrogens (tertiary/aromatic N) is 1. The lowest BCUT2D eigenvalue weighted by molar-refractivity contribution is -0.144. The van der Waals surface area contributed by atoms with Crippen LogP contribution in [0, 0.1) is 5.92 Å². The van der Waals surface area contributed by atoms with Crippen molar-refractivity contribution >= 4 is 18.6 Å². The molecule has 1 unspecified atom stereocenters. The zero-order valence-electron chi connectivity index (χ0n) is 19.5. The Morgan fingerprint density at radius 3 is 2.27 bits per heavy atom. The molecule has 0 spiro atoms. The van der Waals surface area contributed by atoms with Gasteiger partial charge in [0.25, 0.3) is 0 Å². The minimum Gasteiger partial charge on any atom is -0.480 e. The summed E-state index contributed by atoms with van der Waals surface area (Å²) in [7, 11) is -0.326. The quantitative estimate of drug-likeness (QED) is 0.689. The molecule has 1 atom stereocenters. The number of carboxylic acid groups (broad SMARTS) is 1. The normalized spacial score (nSPS) is 22.9. The Balaban J connectivity index is 1.71. The van der Waals surface area contributed by atoms with Crippen molar-refractivity contribution in [3.05, 3.63) is 29.3 Å². The maximum Gasteiger partial charge on any atom is 0.495 e. The van der Waals surface area contributed by atoms with Crippen LogP contribution in [0.25, 0.3) is 0 Å². The van der Waals surface area contributed by atoms with Gasteiger partial charge in [0.1, 0.15) is 6.04 Å². The molecule has 3 rings (SSSR count). The summed E-state index contributed by atoms with van der Waals surface area (Å²) in [5, 5.41) is 9.44. The summed E-state index contributed by atoms with van der Waals surface area (Å²) >= 11 is 0. The molecule has 5 nitrogen and oxygen atoms in total. The van der Waals surface area contributed by atoms with Gasteiger partial charge in [0.05, 0.1) is 11.2 Å². The number of benzene rings is 1. The van der Waals surface area contributed by atoms with Gasteiger partial charge in [-0.05, 0) is 95.4 Å². The molecule has 6 heteroatoms. The van der Waals surface area contributed by atoms with Gasteiger partial charge in [-0.2, -0.15) is 0 Å². The van der Waals surface area contributed by atoms with Gasteiger partial charge >= 0.3 is 13.1 Å². The van der Waals surface area contributed by atoms with Crippen molar-refractivity contribution in [2.45, 2.75) is 90.9 Å². The van der Waals surface area contributed by atoms with Gasteiger partial charge in [0.2, 0.25) is 0 Å². The van der Waals surface area contributed by atoms with Crippen LogP contribution in [0.15, 0.2) is 18.2 Å². The van der Waals surface area contributed by atoms with Crippen LogP contribution in [0.5, 0.6) is 0 Å². The summed E-state index contributed by atoms with van der Waals surface area (Å²) in [6.07, 6.45) is 4.75. The molecule has 0 radical (unpaired) electrons. The second-order valence-corrected chi connectivity index (χ2v) is 9.87. The van der Waals surface area contributed by atoms with E-state index >= 15 is 0 Å². The van der Waals surface area contributed by atoms with Gasteiger partial charge in [0, 0.05) is 0 Å². The van der Waals surface area contributed by atoms with Crippen molar-refractivity contribution in [2.24, 2.45) is 5.92 Å². The van der Waals surface area contributed by atoms with Gasteiger partial charge in [-0.1, -0.05) is 32.0 Å². The molecule has 1 aromatic rings. The number of likely N-dealkylation sites (tertiary alicyclic amines) is 1. The molecule has 0 amide bonds. The van der Waals surface area contributed by atoms with E-state index in [1.165, 1.54) is 11.1 Å². The van der Waals surface area contributed by atoms with E-state index in [-0.39, 0.29) is 24.4 Å². The standard InChI is InChI=1S/C24H38BNO4/c1-7-19-18(16-17-12-14-26(15-13-17)21(8-2)22(27)28)10-9-11-20(19)25-29-23(3,4)24(5,6)30-25/h9-11,17,21H,7-8,12-16H2,1-6H3,(H,27,28). The summed E-state index contributed by atoms with van der Waals surface area (Å²) in [5.41, 5.74) is 3.20. The van der Waals surface area contributed by atoms with Gasteiger partial charge in [0.15, 0.2) is 0 Å². The molecular formula is C24H38BNO4. The molecule has 0 aliphatic carbocycles. The molecule has 1 aromatic carbocycles. The summed E-state index contributed by atoms with van der Waals surface area (Å²) in [6, 6.07) is 6.17. The predicted octanol–water partition coefficient (Wildman–Crippen LogP) is 3.67. The maximum atomic E-state index is 11.5. The number of piperidine rings is 1. The summed E-state index contributed by atoms with van der Waals surface area (Å²) in [4.78, 5) is 13.6. The average Bonchev–Trinajstić information content (AvgIpc) is 2.90. The molecule has 2 fully saturated rings. The number of carbonyl (C=O) groups is 1. The lowest BCUT2D eigenvalue weighted by Gasteiger charge is -2.35. The van der Waals surface area contributed by atoms with Crippen molar-refractivity contribution in [3.63, 3.8) is 0 Å². The fourth-order valence-corrected chi connectivity index (χ4v) is 4.84.